The van der Waals surface area contributed by atoms with Gasteiger partial charge in [0.2, 0.25) is 0 Å². The summed E-state index contributed by atoms with van der Waals surface area (Å²) >= 11 is 3.07. The van der Waals surface area contributed by atoms with E-state index in [9.17, 15) is 19.7 Å². The Morgan fingerprint density at radius 1 is 1.38 bits per heavy atom. The molecule has 0 radical (unpaired) electrons. The predicted molar refractivity (Wildman–Crippen MR) is 86.3 cm³/mol. The number of hydrogen-bond donors (Lipinski definition) is 1. The van der Waals surface area contributed by atoms with Gasteiger partial charge in [0.1, 0.15) is 12.6 Å². The molecular weight excluding hydrogens is 384 g/mol. The Kier molecular flexibility index (Phi) is 5.69. The van der Waals surface area contributed by atoms with Crippen LogP contribution in [0.4, 0.5) is 5.69 Å². The van der Waals surface area contributed by atoms with Crippen LogP contribution >= 0.6 is 15.9 Å². The van der Waals surface area contributed by atoms with Crippen molar-refractivity contribution in [2.45, 2.75) is 13.0 Å². The third-order valence-corrected chi connectivity index (χ3v) is 3.48. The van der Waals surface area contributed by atoms with Crippen molar-refractivity contribution in [3.63, 3.8) is 0 Å². The van der Waals surface area contributed by atoms with Crippen LogP contribution in [0, 0.1) is 10.1 Å². The summed E-state index contributed by atoms with van der Waals surface area (Å²) in [6.45, 7) is 1.23. The van der Waals surface area contributed by atoms with Gasteiger partial charge in [0.25, 0.3) is 11.6 Å². The SMILES string of the molecule is C[C@@H](OC(=O)CNC(=O)c1ccc(Br)o1)c1cccc([N+](=O)[O-])c1. The third kappa shape index (κ3) is 4.66. The van der Waals surface area contributed by atoms with E-state index in [-0.39, 0.29) is 18.0 Å². The van der Waals surface area contributed by atoms with Gasteiger partial charge < -0.3 is 14.5 Å². The molecule has 0 bridgehead atoms. The minimum absolute atomic E-state index is 0.0569. The number of furan rings is 1. The number of amides is 1. The number of nitrogens with zero attached hydrogens (tertiary/aromatic N) is 1. The van der Waals surface area contributed by atoms with Crippen LogP contribution in [0.1, 0.15) is 29.1 Å². The Balaban J connectivity index is 1.88. The molecule has 24 heavy (non-hydrogen) atoms. The summed E-state index contributed by atoms with van der Waals surface area (Å²) in [6.07, 6.45) is -0.688. The van der Waals surface area contributed by atoms with Gasteiger partial charge >= 0.3 is 5.97 Å². The zero-order chi connectivity index (χ0) is 17.7. The Labute approximate surface area is 145 Å². The number of hydrogen-bond acceptors (Lipinski definition) is 6. The highest BCUT2D eigenvalue weighted by molar-refractivity contribution is 9.10. The van der Waals surface area contributed by atoms with Crippen molar-refractivity contribution in [3.05, 3.63) is 62.5 Å². The molecule has 0 aliphatic carbocycles. The number of nitro benzene ring substituents is 1. The number of nitrogens with one attached hydrogen (secondary N) is 1. The minimum Gasteiger partial charge on any atom is -0.456 e. The summed E-state index contributed by atoms with van der Waals surface area (Å²) in [4.78, 5) is 33.7. The second-order valence-electron chi connectivity index (χ2n) is 4.77. The molecule has 2 rings (SSSR count). The highest BCUT2D eigenvalue weighted by atomic mass is 79.9. The molecule has 1 atom stereocenters. The molecule has 0 saturated heterocycles. The largest absolute Gasteiger partial charge is 0.456 e. The molecule has 0 saturated carbocycles. The molecule has 126 valence electrons. The van der Waals surface area contributed by atoms with Crippen molar-refractivity contribution >= 4 is 33.5 Å². The zero-order valence-electron chi connectivity index (χ0n) is 12.5. The van der Waals surface area contributed by atoms with Gasteiger partial charge in [-0.25, -0.2) is 0 Å². The summed E-state index contributed by atoms with van der Waals surface area (Å²) in [5.74, 6) is -1.17. The predicted octanol–water partition coefficient (Wildman–Crippen LogP) is 2.98. The molecular formula is C15H13BrN2O6. The molecule has 1 N–H and O–H groups in total. The van der Waals surface area contributed by atoms with Gasteiger partial charge in [0, 0.05) is 12.1 Å². The molecule has 2 aromatic rings. The van der Waals surface area contributed by atoms with Crippen molar-refractivity contribution in [1.82, 2.24) is 5.32 Å². The first-order chi connectivity index (χ1) is 11.4. The van der Waals surface area contributed by atoms with Crippen molar-refractivity contribution < 1.29 is 23.7 Å². The summed E-state index contributed by atoms with van der Waals surface area (Å²) in [6, 6.07) is 8.81. The lowest BCUT2D eigenvalue weighted by atomic mass is 10.1. The number of carbonyl (C=O) groups excluding carboxylic acids is 2. The second-order valence-corrected chi connectivity index (χ2v) is 5.55. The van der Waals surface area contributed by atoms with Crippen LogP contribution in [0.5, 0.6) is 0 Å². The Bertz CT molecular complexity index is 773. The van der Waals surface area contributed by atoms with E-state index in [0.29, 0.717) is 10.2 Å². The monoisotopic (exact) mass is 396 g/mol. The van der Waals surface area contributed by atoms with E-state index < -0.39 is 22.9 Å². The molecule has 1 aromatic carbocycles. The van der Waals surface area contributed by atoms with Gasteiger partial charge in [0.15, 0.2) is 10.4 Å². The van der Waals surface area contributed by atoms with Crippen LogP contribution in [0.15, 0.2) is 45.5 Å². The molecule has 0 unspecified atom stereocenters. The average molecular weight is 397 g/mol. The van der Waals surface area contributed by atoms with Crippen LogP contribution < -0.4 is 5.32 Å². The first-order valence-corrected chi connectivity index (χ1v) is 7.63. The summed E-state index contributed by atoms with van der Waals surface area (Å²) in [7, 11) is 0. The first kappa shape index (κ1) is 17.7. The highest BCUT2D eigenvalue weighted by Crippen LogP contribution is 2.21. The Morgan fingerprint density at radius 3 is 2.75 bits per heavy atom. The van der Waals surface area contributed by atoms with Crippen LogP contribution in [0.25, 0.3) is 0 Å². The van der Waals surface area contributed by atoms with E-state index in [1.54, 1.807) is 19.1 Å². The fourth-order valence-electron chi connectivity index (χ4n) is 1.87. The van der Waals surface area contributed by atoms with E-state index in [0.717, 1.165) is 0 Å². The van der Waals surface area contributed by atoms with E-state index in [1.165, 1.54) is 24.3 Å². The van der Waals surface area contributed by atoms with Crippen molar-refractivity contribution in [1.29, 1.82) is 0 Å². The molecule has 0 aliphatic heterocycles. The number of rotatable bonds is 6. The fourth-order valence-corrected chi connectivity index (χ4v) is 2.18. The number of halogens is 1. The van der Waals surface area contributed by atoms with Crippen molar-refractivity contribution in [2.24, 2.45) is 0 Å². The number of non-ortho nitro benzene ring substituents is 1. The highest BCUT2D eigenvalue weighted by Gasteiger charge is 2.17. The lowest BCUT2D eigenvalue weighted by Gasteiger charge is -2.13. The first-order valence-electron chi connectivity index (χ1n) is 6.84. The number of benzene rings is 1. The number of ether oxygens (including phenoxy) is 1. The van der Waals surface area contributed by atoms with Gasteiger partial charge in [-0.1, -0.05) is 12.1 Å². The van der Waals surface area contributed by atoms with Crippen LogP contribution in [-0.2, 0) is 9.53 Å². The maximum absolute atomic E-state index is 11.8. The molecule has 1 aromatic heterocycles. The zero-order valence-corrected chi connectivity index (χ0v) is 14.1. The number of carbonyl (C=O) groups is 2. The van der Waals surface area contributed by atoms with Gasteiger partial charge in [-0.3, -0.25) is 19.7 Å². The normalized spacial score (nSPS) is 11.6. The molecule has 0 spiro atoms. The van der Waals surface area contributed by atoms with Gasteiger partial charge in [-0.15, -0.1) is 0 Å². The molecule has 1 heterocycles. The van der Waals surface area contributed by atoms with Gasteiger partial charge in [0.05, 0.1) is 4.92 Å². The Morgan fingerprint density at radius 2 is 2.12 bits per heavy atom. The van der Waals surface area contributed by atoms with E-state index >= 15 is 0 Å². The molecule has 0 fully saturated rings. The number of esters is 1. The third-order valence-electron chi connectivity index (χ3n) is 3.05. The van der Waals surface area contributed by atoms with Crippen LogP contribution in [0.3, 0.4) is 0 Å². The lowest BCUT2D eigenvalue weighted by Crippen LogP contribution is -2.30. The minimum atomic E-state index is -0.688. The Hall–Kier alpha value is -2.68. The maximum Gasteiger partial charge on any atom is 0.326 e. The molecule has 8 nitrogen and oxygen atoms in total. The standard InChI is InChI=1S/C15H13BrN2O6/c1-9(10-3-2-4-11(7-10)18(21)22)23-14(19)8-17-15(20)12-5-6-13(16)24-12/h2-7,9H,8H2,1H3,(H,17,20)/t9-/m1/s1. The summed E-state index contributed by atoms with van der Waals surface area (Å²) < 4.78 is 10.6. The van der Waals surface area contributed by atoms with E-state index in [1.807, 2.05) is 0 Å². The smallest absolute Gasteiger partial charge is 0.326 e. The molecule has 9 heteroatoms. The van der Waals surface area contributed by atoms with E-state index in [4.69, 9.17) is 9.15 Å². The van der Waals surface area contributed by atoms with E-state index in [2.05, 4.69) is 21.2 Å². The second kappa shape index (κ2) is 7.73. The lowest BCUT2D eigenvalue weighted by molar-refractivity contribution is -0.385. The summed E-state index contributed by atoms with van der Waals surface area (Å²) in [5, 5.41) is 13.1. The topological polar surface area (TPSA) is 112 Å². The summed E-state index contributed by atoms with van der Waals surface area (Å²) in [5.41, 5.74) is 0.394. The fraction of sp³-hybridized carbons (Fsp3) is 0.200. The maximum atomic E-state index is 11.8. The molecule has 0 aliphatic rings. The van der Waals surface area contributed by atoms with Crippen molar-refractivity contribution in [2.75, 3.05) is 6.54 Å². The van der Waals surface area contributed by atoms with Gasteiger partial charge in [-0.2, -0.15) is 0 Å². The number of nitro groups is 1. The van der Waals surface area contributed by atoms with Crippen LogP contribution in [-0.4, -0.2) is 23.3 Å². The average Bonchev–Trinajstić information content (AvgIpc) is 2.99. The molecule has 1 amide bonds. The van der Waals surface area contributed by atoms with Crippen LogP contribution in [0.2, 0.25) is 0 Å². The quantitative estimate of drug-likeness (QED) is 0.456. The van der Waals surface area contributed by atoms with Crippen molar-refractivity contribution in [3.8, 4) is 0 Å². The van der Waals surface area contributed by atoms with Gasteiger partial charge in [-0.05, 0) is 40.5 Å².